The maximum absolute atomic E-state index is 12.1. The van der Waals surface area contributed by atoms with E-state index in [1.165, 1.54) is 6.20 Å². The van der Waals surface area contributed by atoms with Crippen molar-refractivity contribution in [3.8, 4) is 0 Å². The van der Waals surface area contributed by atoms with Crippen molar-refractivity contribution in [2.45, 2.75) is 4.90 Å². The van der Waals surface area contributed by atoms with Crippen LogP contribution in [0.2, 0.25) is 0 Å². The molecule has 0 aliphatic carbocycles. The van der Waals surface area contributed by atoms with E-state index in [0.29, 0.717) is 0 Å². The van der Waals surface area contributed by atoms with Crippen LogP contribution in [0.3, 0.4) is 0 Å². The molecule has 0 atom stereocenters. The van der Waals surface area contributed by atoms with E-state index in [1.54, 1.807) is 0 Å². The summed E-state index contributed by atoms with van der Waals surface area (Å²) >= 11 is 0. The monoisotopic (exact) mass is 257 g/mol. The molecule has 92 valence electrons. The molecule has 2 heterocycles. The summed E-state index contributed by atoms with van der Waals surface area (Å²) in [5.74, 6) is -0.368. The van der Waals surface area contributed by atoms with Gasteiger partial charge in [-0.1, -0.05) is 0 Å². The van der Waals surface area contributed by atoms with Crippen LogP contribution in [-0.4, -0.2) is 43.2 Å². The van der Waals surface area contributed by atoms with Gasteiger partial charge < -0.3 is 10.3 Å². The van der Waals surface area contributed by atoms with Crippen molar-refractivity contribution in [3.05, 3.63) is 28.7 Å². The van der Waals surface area contributed by atoms with Crippen molar-refractivity contribution in [2.75, 3.05) is 19.6 Å². The minimum atomic E-state index is -3.90. The zero-order valence-corrected chi connectivity index (χ0v) is 9.66. The van der Waals surface area contributed by atoms with Crippen LogP contribution in [0.5, 0.6) is 0 Å². The van der Waals surface area contributed by atoms with E-state index in [-0.39, 0.29) is 30.4 Å². The lowest BCUT2D eigenvalue weighted by atomic mass is 10.4. The number of carbonyl (C=O) groups is 1. The smallest absolute Gasteiger partial charge is 0.248 e. The molecule has 2 rings (SSSR count). The number of rotatable bonds is 2. The molecule has 0 radical (unpaired) electrons. The zero-order valence-electron chi connectivity index (χ0n) is 8.84. The second kappa shape index (κ2) is 4.30. The Labute approximate surface area is 97.5 Å². The summed E-state index contributed by atoms with van der Waals surface area (Å²) in [5.41, 5.74) is -0.588. The number of sulfonamides is 1. The van der Waals surface area contributed by atoms with Gasteiger partial charge in [-0.3, -0.25) is 9.59 Å². The maximum atomic E-state index is 12.1. The van der Waals surface area contributed by atoms with Gasteiger partial charge in [-0.15, -0.1) is 0 Å². The molecule has 1 fully saturated rings. The van der Waals surface area contributed by atoms with Gasteiger partial charge >= 0.3 is 0 Å². The molecular formula is C9H11N3O4S. The van der Waals surface area contributed by atoms with E-state index >= 15 is 0 Å². The van der Waals surface area contributed by atoms with Gasteiger partial charge in [0.15, 0.2) is 0 Å². The van der Waals surface area contributed by atoms with Crippen molar-refractivity contribution in [1.82, 2.24) is 14.6 Å². The molecule has 0 bridgehead atoms. The first-order valence-corrected chi connectivity index (χ1v) is 6.40. The molecule has 8 heteroatoms. The number of hydrogen-bond donors (Lipinski definition) is 2. The standard InChI is InChI=1S/C9H11N3O4S/c13-7-1-2-10-5-8(7)17(15,16)12-4-3-11-9(14)6-12/h1-2,5H,3-4,6H2,(H,10,13)(H,11,14). The average Bonchev–Trinajstić information content (AvgIpc) is 2.29. The number of nitrogens with one attached hydrogen (secondary N) is 2. The summed E-state index contributed by atoms with van der Waals surface area (Å²) in [6.07, 6.45) is 2.48. The SMILES string of the molecule is O=C1CN(S(=O)(=O)c2c[nH]ccc2=O)CCN1. The van der Waals surface area contributed by atoms with E-state index < -0.39 is 15.5 Å². The number of piperazine rings is 1. The fraction of sp³-hybridized carbons (Fsp3) is 0.333. The molecule has 0 aromatic carbocycles. The number of hydrogen-bond acceptors (Lipinski definition) is 4. The van der Waals surface area contributed by atoms with Crippen LogP contribution in [0.25, 0.3) is 0 Å². The Bertz CT molecular complexity index is 592. The summed E-state index contributed by atoms with van der Waals surface area (Å²) in [6.45, 7) is 0.169. The summed E-state index contributed by atoms with van der Waals surface area (Å²) in [6, 6.07) is 1.14. The Morgan fingerprint density at radius 2 is 2.06 bits per heavy atom. The molecular weight excluding hydrogens is 246 g/mol. The highest BCUT2D eigenvalue weighted by Gasteiger charge is 2.30. The molecule has 1 aromatic heterocycles. The average molecular weight is 257 g/mol. The minimum absolute atomic E-state index is 0.169. The highest BCUT2D eigenvalue weighted by atomic mass is 32.2. The van der Waals surface area contributed by atoms with Gasteiger partial charge in [0.25, 0.3) is 0 Å². The first-order chi connectivity index (χ1) is 8.01. The van der Waals surface area contributed by atoms with Crippen LogP contribution in [0.4, 0.5) is 0 Å². The number of pyridine rings is 1. The third-order valence-electron chi connectivity index (χ3n) is 2.41. The Kier molecular flexibility index (Phi) is 2.99. The van der Waals surface area contributed by atoms with E-state index in [9.17, 15) is 18.0 Å². The van der Waals surface area contributed by atoms with E-state index in [2.05, 4.69) is 10.3 Å². The summed E-state index contributed by atoms with van der Waals surface area (Å²) in [7, 11) is -3.90. The van der Waals surface area contributed by atoms with Crippen molar-refractivity contribution >= 4 is 15.9 Å². The Morgan fingerprint density at radius 1 is 1.29 bits per heavy atom. The van der Waals surface area contributed by atoms with E-state index in [4.69, 9.17) is 0 Å². The van der Waals surface area contributed by atoms with E-state index in [0.717, 1.165) is 16.6 Å². The van der Waals surface area contributed by atoms with Crippen LogP contribution < -0.4 is 10.7 Å². The first kappa shape index (κ1) is 11.8. The number of aromatic amines is 1. The van der Waals surface area contributed by atoms with Crippen molar-refractivity contribution in [2.24, 2.45) is 0 Å². The number of carbonyl (C=O) groups excluding carboxylic acids is 1. The number of aromatic nitrogens is 1. The molecule has 0 spiro atoms. The lowest BCUT2D eigenvalue weighted by Gasteiger charge is -2.25. The highest BCUT2D eigenvalue weighted by molar-refractivity contribution is 7.89. The third-order valence-corrected chi connectivity index (χ3v) is 4.28. The largest absolute Gasteiger partial charge is 0.366 e. The fourth-order valence-corrected chi connectivity index (χ4v) is 3.00. The van der Waals surface area contributed by atoms with Gasteiger partial charge in [0.05, 0.1) is 6.54 Å². The lowest BCUT2D eigenvalue weighted by Crippen LogP contribution is -2.50. The number of H-pyrrole nitrogens is 1. The highest BCUT2D eigenvalue weighted by Crippen LogP contribution is 2.11. The topological polar surface area (TPSA) is 99.3 Å². The van der Waals surface area contributed by atoms with Crippen molar-refractivity contribution in [1.29, 1.82) is 0 Å². The van der Waals surface area contributed by atoms with Crippen LogP contribution in [0, 0.1) is 0 Å². The van der Waals surface area contributed by atoms with Crippen LogP contribution in [-0.2, 0) is 14.8 Å². The number of amides is 1. The van der Waals surface area contributed by atoms with Gasteiger partial charge in [-0.05, 0) is 0 Å². The van der Waals surface area contributed by atoms with E-state index in [1.807, 2.05) is 0 Å². The minimum Gasteiger partial charge on any atom is -0.366 e. The maximum Gasteiger partial charge on any atom is 0.248 e. The third kappa shape index (κ3) is 2.22. The molecule has 7 nitrogen and oxygen atoms in total. The van der Waals surface area contributed by atoms with Crippen LogP contribution in [0.15, 0.2) is 28.2 Å². The Morgan fingerprint density at radius 3 is 2.71 bits per heavy atom. The van der Waals surface area contributed by atoms with Gasteiger partial charge in [-0.2, -0.15) is 4.31 Å². The van der Waals surface area contributed by atoms with Crippen LogP contribution >= 0.6 is 0 Å². The zero-order chi connectivity index (χ0) is 12.5. The molecule has 1 aromatic rings. The molecule has 1 saturated heterocycles. The summed E-state index contributed by atoms with van der Waals surface area (Å²) in [5, 5.41) is 2.52. The molecule has 1 aliphatic heterocycles. The fourth-order valence-electron chi connectivity index (χ4n) is 1.56. The quantitative estimate of drug-likeness (QED) is 0.673. The second-order valence-corrected chi connectivity index (χ2v) is 5.47. The van der Waals surface area contributed by atoms with Crippen molar-refractivity contribution < 1.29 is 13.2 Å². The Hall–Kier alpha value is -1.67. The lowest BCUT2D eigenvalue weighted by molar-refractivity contribution is -0.122. The van der Waals surface area contributed by atoms with Gasteiger partial charge in [-0.25, -0.2) is 8.42 Å². The van der Waals surface area contributed by atoms with Crippen LogP contribution in [0.1, 0.15) is 0 Å². The molecule has 1 amide bonds. The molecule has 17 heavy (non-hydrogen) atoms. The second-order valence-electron chi connectivity index (χ2n) is 3.56. The predicted molar refractivity (Wildman–Crippen MR) is 58.8 cm³/mol. The molecule has 0 unspecified atom stereocenters. The summed E-state index contributed by atoms with van der Waals surface area (Å²) in [4.78, 5) is 24.8. The normalized spacial score (nSPS) is 17.8. The predicted octanol–water partition coefficient (Wildman–Crippen LogP) is -1.50. The summed E-state index contributed by atoms with van der Waals surface area (Å²) < 4.78 is 25.2. The Balaban J connectivity index is 2.40. The van der Waals surface area contributed by atoms with Gasteiger partial charge in [0, 0.05) is 31.5 Å². The van der Waals surface area contributed by atoms with Crippen molar-refractivity contribution in [3.63, 3.8) is 0 Å². The first-order valence-electron chi connectivity index (χ1n) is 4.96. The molecule has 0 saturated carbocycles. The number of nitrogens with zero attached hydrogens (tertiary/aromatic N) is 1. The van der Waals surface area contributed by atoms with Gasteiger partial charge in [0.1, 0.15) is 4.90 Å². The molecule has 2 N–H and O–H groups in total. The van der Waals surface area contributed by atoms with Gasteiger partial charge in [0.2, 0.25) is 21.4 Å². The molecule has 1 aliphatic rings.